The van der Waals surface area contributed by atoms with Crippen LogP contribution >= 0.6 is 0 Å². The zero-order valence-electron chi connectivity index (χ0n) is 16.8. The number of fused-ring (bicyclic) bond motifs is 3. The first-order valence-corrected chi connectivity index (χ1v) is 9.89. The lowest BCUT2D eigenvalue weighted by Gasteiger charge is -2.17. The second-order valence-electron chi connectivity index (χ2n) is 7.31. The van der Waals surface area contributed by atoms with Gasteiger partial charge in [-0.25, -0.2) is 9.59 Å². The Morgan fingerprint density at radius 2 is 1.63 bits per heavy atom. The number of carbonyl (C=O) groups is 2. The Morgan fingerprint density at radius 3 is 2.43 bits per heavy atom. The first-order valence-electron chi connectivity index (χ1n) is 9.89. The minimum Gasteiger partial charge on any atom is -0.467 e. The molecule has 5 nitrogen and oxygen atoms in total. The van der Waals surface area contributed by atoms with E-state index in [1.807, 2.05) is 48.5 Å². The molecule has 0 aromatic heterocycles. The van der Waals surface area contributed by atoms with Crippen molar-refractivity contribution in [1.82, 2.24) is 5.32 Å². The maximum absolute atomic E-state index is 12.2. The van der Waals surface area contributed by atoms with Gasteiger partial charge in [0, 0.05) is 6.42 Å². The van der Waals surface area contributed by atoms with E-state index >= 15 is 0 Å². The standard InChI is InChI=1S/C25H23NO4/c1-29-24(27)23(26-25(28)30-16-17-7-3-2-4-8-17)14-18-11-12-22-20(13-18)15-19-9-5-6-10-21(19)22/h2-13,23H,14-16H2,1H3,(H,26,28). The highest BCUT2D eigenvalue weighted by Crippen LogP contribution is 2.36. The van der Waals surface area contributed by atoms with Crippen LogP contribution in [0.5, 0.6) is 0 Å². The Balaban J connectivity index is 1.43. The zero-order valence-corrected chi connectivity index (χ0v) is 16.8. The van der Waals surface area contributed by atoms with Crippen molar-refractivity contribution in [3.63, 3.8) is 0 Å². The summed E-state index contributed by atoms with van der Waals surface area (Å²) in [6, 6.07) is 23.1. The molecule has 152 valence electrons. The molecule has 30 heavy (non-hydrogen) atoms. The fourth-order valence-corrected chi connectivity index (χ4v) is 3.80. The van der Waals surface area contributed by atoms with Gasteiger partial charge in [-0.15, -0.1) is 0 Å². The van der Waals surface area contributed by atoms with Gasteiger partial charge in [-0.1, -0.05) is 72.8 Å². The molecule has 5 heteroatoms. The van der Waals surface area contributed by atoms with Crippen molar-refractivity contribution >= 4 is 12.1 Å². The third-order valence-electron chi connectivity index (χ3n) is 5.29. The van der Waals surface area contributed by atoms with Gasteiger partial charge in [0.1, 0.15) is 12.6 Å². The molecule has 1 aliphatic carbocycles. The number of rotatable bonds is 6. The predicted molar refractivity (Wildman–Crippen MR) is 114 cm³/mol. The van der Waals surface area contributed by atoms with Crippen LogP contribution in [-0.4, -0.2) is 25.2 Å². The number of esters is 1. The normalized spacial score (nSPS) is 12.4. The molecule has 1 atom stereocenters. The van der Waals surface area contributed by atoms with Gasteiger partial charge in [0.15, 0.2) is 0 Å². The van der Waals surface area contributed by atoms with Crippen molar-refractivity contribution in [3.8, 4) is 11.1 Å². The Morgan fingerprint density at radius 1 is 0.900 bits per heavy atom. The van der Waals surface area contributed by atoms with Gasteiger partial charge in [0.2, 0.25) is 0 Å². The summed E-state index contributed by atoms with van der Waals surface area (Å²) in [5.74, 6) is -0.504. The molecule has 0 bridgehead atoms. The van der Waals surface area contributed by atoms with Gasteiger partial charge in [0.05, 0.1) is 7.11 Å². The molecule has 1 amide bonds. The van der Waals surface area contributed by atoms with E-state index in [1.54, 1.807) is 0 Å². The summed E-state index contributed by atoms with van der Waals surface area (Å²) in [5.41, 5.74) is 6.84. The molecule has 0 aliphatic heterocycles. The third kappa shape index (κ3) is 4.35. The second kappa shape index (κ2) is 8.82. The van der Waals surface area contributed by atoms with E-state index in [1.165, 1.54) is 29.4 Å². The van der Waals surface area contributed by atoms with E-state index in [0.29, 0.717) is 6.42 Å². The molecule has 1 unspecified atom stereocenters. The molecule has 1 N–H and O–H groups in total. The molecule has 0 radical (unpaired) electrons. The van der Waals surface area contributed by atoms with Gasteiger partial charge >= 0.3 is 12.1 Å². The smallest absolute Gasteiger partial charge is 0.408 e. The van der Waals surface area contributed by atoms with Crippen molar-refractivity contribution in [2.45, 2.75) is 25.5 Å². The zero-order chi connectivity index (χ0) is 20.9. The Labute approximate surface area is 175 Å². The number of nitrogens with one attached hydrogen (secondary N) is 1. The van der Waals surface area contributed by atoms with E-state index in [4.69, 9.17) is 9.47 Å². The van der Waals surface area contributed by atoms with E-state index in [9.17, 15) is 9.59 Å². The highest BCUT2D eigenvalue weighted by atomic mass is 16.6. The predicted octanol–water partition coefficient (Wildman–Crippen LogP) is 4.27. The average Bonchev–Trinajstić information content (AvgIpc) is 3.15. The van der Waals surface area contributed by atoms with Gasteiger partial charge in [0.25, 0.3) is 0 Å². The minimum atomic E-state index is -0.819. The number of hydrogen-bond donors (Lipinski definition) is 1. The van der Waals surface area contributed by atoms with Crippen LogP contribution in [0.4, 0.5) is 4.79 Å². The van der Waals surface area contributed by atoms with Crippen LogP contribution in [0.15, 0.2) is 72.8 Å². The first kappa shape index (κ1) is 19.7. The number of hydrogen-bond acceptors (Lipinski definition) is 4. The number of carbonyl (C=O) groups excluding carboxylic acids is 2. The Kier molecular flexibility index (Phi) is 5.80. The summed E-state index contributed by atoms with van der Waals surface area (Å²) in [6.07, 6.45) is 0.550. The van der Waals surface area contributed by atoms with E-state index in [-0.39, 0.29) is 6.61 Å². The van der Waals surface area contributed by atoms with Gasteiger partial charge in [-0.2, -0.15) is 0 Å². The van der Waals surface area contributed by atoms with Crippen molar-refractivity contribution in [3.05, 3.63) is 95.1 Å². The molecule has 3 aromatic rings. The highest BCUT2D eigenvalue weighted by molar-refractivity contribution is 5.82. The van der Waals surface area contributed by atoms with Crippen LogP contribution in [0, 0.1) is 0 Å². The molecule has 0 heterocycles. The summed E-state index contributed by atoms with van der Waals surface area (Å²) in [4.78, 5) is 24.5. The van der Waals surface area contributed by atoms with Crippen LogP contribution in [0.1, 0.15) is 22.3 Å². The maximum Gasteiger partial charge on any atom is 0.408 e. The van der Waals surface area contributed by atoms with Crippen LogP contribution in [0.2, 0.25) is 0 Å². The molecule has 4 rings (SSSR count). The van der Waals surface area contributed by atoms with E-state index < -0.39 is 18.1 Å². The van der Waals surface area contributed by atoms with E-state index in [0.717, 1.165) is 17.5 Å². The molecule has 0 fully saturated rings. The summed E-state index contributed by atoms with van der Waals surface area (Å²) in [5, 5.41) is 2.64. The third-order valence-corrected chi connectivity index (χ3v) is 5.29. The average molecular weight is 401 g/mol. The van der Waals surface area contributed by atoms with Crippen molar-refractivity contribution < 1.29 is 19.1 Å². The lowest BCUT2D eigenvalue weighted by Crippen LogP contribution is -2.43. The van der Waals surface area contributed by atoms with Crippen LogP contribution in [0.3, 0.4) is 0 Å². The summed E-state index contributed by atoms with van der Waals surface area (Å²) < 4.78 is 10.1. The lowest BCUT2D eigenvalue weighted by atomic mass is 9.99. The van der Waals surface area contributed by atoms with Crippen LogP contribution in [-0.2, 0) is 33.7 Å². The molecule has 0 saturated heterocycles. The SMILES string of the molecule is COC(=O)C(Cc1ccc2c(c1)Cc1ccccc1-2)NC(=O)OCc1ccccc1. The second-order valence-corrected chi connectivity index (χ2v) is 7.31. The number of amides is 1. The molecular weight excluding hydrogens is 378 g/mol. The molecule has 0 saturated carbocycles. The molecule has 3 aromatic carbocycles. The lowest BCUT2D eigenvalue weighted by molar-refractivity contribution is -0.143. The van der Waals surface area contributed by atoms with Crippen molar-refractivity contribution in [2.75, 3.05) is 7.11 Å². The number of alkyl carbamates (subject to hydrolysis) is 1. The quantitative estimate of drug-likeness (QED) is 0.490. The summed E-state index contributed by atoms with van der Waals surface area (Å²) in [7, 11) is 1.31. The van der Waals surface area contributed by atoms with Gasteiger partial charge in [-0.3, -0.25) is 0 Å². The van der Waals surface area contributed by atoms with Crippen molar-refractivity contribution in [2.24, 2.45) is 0 Å². The fourth-order valence-electron chi connectivity index (χ4n) is 3.80. The Hall–Kier alpha value is -3.60. The minimum absolute atomic E-state index is 0.137. The number of ether oxygens (including phenoxy) is 2. The molecule has 1 aliphatic rings. The molecular formula is C25H23NO4. The maximum atomic E-state index is 12.2. The van der Waals surface area contributed by atoms with Gasteiger partial charge < -0.3 is 14.8 Å². The summed E-state index contributed by atoms with van der Waals surface area (Å²) in [6.45, 7) is 0.137. The topological polar surface area (TPSA) is 64.6 Å². The summed E-state index contributed by atoms with van der Waals surface area (Å²) >= 11 is 0. The highest BCUT2D eigenvalue weighted by Gasteiger charge is 2.24. The van der Waals surface area contributed by atoms with E-state index in [2.05, 4.69) is 29.6 Å². The monoisotopic (exact) mass is 401 g/mol. The van der Waals surface area contributed by atoms with Crippen LogP contribution in [0.25, 0.3) is 11.1 Å². The Bertz CT molecular complexity index is 1060. The van der Waals surface area contributed by atoms with Gasteiger partial charge in [-0.05, 0) is 39.8 Å². The van der Waals surface area contributed by atoms with Crippen molar-refractivity contribution in [1.29, 1.82) is 0 Å². The van der Waals surface area contributed by atoms with Crippen LogP contribution < -0.4 is 5.32 Å². The molecule has 0 spiro atoms. The largest absolute Gasteiger partial charge is 0.467 e. The number of methoxy groups -OCH3 is 1. The number of benzene rings is 3. The fraction of sp³-hybridized carbons (Fsp3) is 0.200. The first-order chi connectivity index (χ1) is 14.6.